The fraction of sp³-hybridized carbons (Fsp3) is 0.812. The normalized spacial score (nSPS) is 27.3. The molecule has 0 aliphatic carbocycles. The largest absolute Gasteiger partial charge is 0.377 e. The monoisotopic (exact) mass is 293 g/mol. The number of aromatic nitrogens is 2. The number of hydrogen-bond acceptors (Lipinski definition) is 4. The topological polar surface area (TPSA) is 39.5 Å². The quantitative estimate of drug-likeness (QED) is 0.750. The van der Waals surface area contributed by atoms with Gasteiger partial charge in [0.1, 0.15) is 0 Å². The Kier molecular flexibility index (Phi) is 5.27. The van der Waals surface area contributed by atoms with E-state index in [0.29, 0.717) is 12.0 Å². The van der Waals surface area contributed by atoms with Crippen molar-refractivity contribution in [1.29, 1.82) is 0 Å². The summed E-state index contributed by atoms with van der Waals surface area (Å²) >= 11 is 0. The van der Waals surface area contributed by atoms with Crippen LogP contribution in [-0.4, -0.2) is 60.2 Å². The predicted octanol–water partition coefficient (Wildman–Crippen LogP) is 1.80. The minimum atomic E-state index is 0.341. The molecule has 3 rings (SSSR count). The highest BCUT2D eigenvalue weighted by molar-refractivity contribution is 5.09. The van der Waals surface area contributed by atoms with Crippen LogP contribution in [0.1, 0.15) is 37.3 Å². The maximum atomic E-state index is 5.79. The highest BCUT2D eigenvalue weighted by atomic mass is 16.5. The zero-order valence-electron chi connectivity index (χ0n) is 13.0. The smallest absolute Gasteiger partial charge is 0.0809 e. The van der Waals surface area contributed by atoms with Crippen LogP contribution in [0.5, 0.6) is 0 Å². The Bertz CT molecular complexity index is 429. The number of hydrogen-bond donors (Lipinski definition) is 0. The van der Waals surface area contributed by atoms with Crippen molar-refractivity contribution in [3.63, 3.8) is 0 Å². The van der Waals surface area contributed by atoms with Crippen LogP contribution < -0.4 is 0 Å². The van der Waals surface area contributed by atoms with E-state index >= 15 is 0 Å². The maximum absolute atomic E-state index is 5.79. The van der Waals surface area contributed by atoms with Gasteiger partial charge in [-0.15, -0.1) is 0 Å². The Balaban J connectivity index is 1.38. The van der Waals surface area contributed by atoms with E-state index in [0.717, 1.165) is 39.3 Å². The van der Waals surface area contributed by atoms with Crippen molar-refractivity contribution < 1.29 is 9.47 Å². The van der Waals surface area contributed by atoms with E-state index in [1.54, 1.807) is 0 Å². The van der Waals surface area contributed by atoms with E-state index in [1.165, 1.54) is 31.5 Å². The van der Waals surface area contributed by atoms with Gasteiger partial charge in [-0.25, -0.2) is 0 Å². The zero-order chi connectivity index (χ0) is 14.5. The average Bonchev–Trinajstić information content (AvgIpc) is 3.15. The molecule has 1 aromatic rings. The van der Waals surface area contributed by atoms with Crippen LogP contribution in [0.25, 0.3) is 0 Å². The van der Waals surface area contributed by atoms with Crippen molar-refractivity contribution in [2.24, 2.45) is 7.05 Å². The summed E-state index contributed by atoms with van der Waals surface area (Å²) in [5.41, 5.74) is 1.36. The fourth-order valence-electron chi connectivity index (χ4n) is 3.47. The van der Waals surface area contributed by atoms with Gasteiger partial charge in [0.2, 0.25) is 0 Å². The minimum absolute atomic E-state index is 0.341. The molecule has 1 aromatic heterocycles. The third-order valence-electron chi connectivity index (χ3n) is 4.66. The highest BCUT2D eigenvalue weighted by Gasteiger charge is 2.23. The van der Waals surface area contributed by atoms with E-state index in [2.05, 4.69) is 16.1 Å². The van der Waals surface area contributed by atoms with Crippen molar-refractivity contribution in [1.82, 2.24) is 14.7 Å². The van der Waals surface area contributed by atoms with Gasteiger partial charge in [-0.2, -0.15) is 5.10 Å². The van der Waals surface area contributed by atoms with Gasteiger partial charge in [0.15, 0.2) is 0 Å². The molecule has 0 spiro atoms. The summed E-state index contributed by atoms with van der Waals surface area (Å²) in [4.78, 5) is 2.52. The lowest BCUT2D eigenvalue weighted by atomic mass is 9.95. The van der Waals surface area contributed by atoms with E-state index in [1.807, 2.05) is 17.9 Å². The second-order valence-corrected chi connectivity index (χ2v) is 6.23. The molecule has 0 amide bonds. The second-order valence-electron chi connectivity index (χ2n) is 6.23. The second kappa shape index (κ2) is 7.38. The van der Waals surface area contributed by atoms with Crippen molar-refractivity contribution >= 4 is 0 Å². The third-order valence-corrected chi connectivity index (χ3v) is 4.66. The molecular formula is C16H27N3O2. The minimum Gasteiger partial charge on any atom is -0.377 e. The standard InChI is InChI=1S/C16H27N3O2/c1-18-16(6-7-17-18)14-4-2-8-19(12-14)9-11-20-13-15-5-3-10-21-15/h6-7,14-15H,2-5,8-13H2,1H3/t14-,15-/m1/s1. The number of piperidine rings is 1. The van der Waals surface area contributed by atoms with Crippen molar-refractivity contribution in [3.05, 3.63) is 18.0 Å². The van der Waals surface area contributed by atoms with Gasteiger partial charge < -0.3 is 14.4 Å². The van der Waals surface area contributed by atoms with Crippen molar-refractivity contribution in [2.75, 3.05) is 39.5 Å². The van der Waals surface area contributed by atoms with E-state index in [-0.39, 0.29) is 0 Å². The SMILES string of the molecule is Cn1nccc1[C@@H]1CCCN(CCOC[C@H]2CCCO2)C1. The number of aryl methyl sites for hydroxylation is 1. The first-order chi connectivity index (χ1) is 10.3. The Morgan fingerprint density at radius 3 is 3.10 bits per heavy atom. The Morgan fingerprint density at radius 2 is 2.33 bits per heavy atom. The van der Waals surface area contributed by atoms with Crippen LogP contribution in [0.15, 0.2) is 12.3 Å². The summed E-state index contributed by atoms with van der Waals surface area (Å²) in [6, 6.07) is 2.15. The molecule has 2 aliphatic heterocycles. The lowest BCUT2D eigenvalue weighted by Gasteiger charge is -2.32. The van der Waals surface area contributed by atoms with Gasteiger partial charge in [0.05, 0.1) is 19.3 Å². The number of nitrogens with zero attached hydrogens (tertiary/aromatic N) is 3. The van der Waals surface area contributed by atoms with Crippen LogP contribution in [-0.2, 0) is 16.5 Å². The Hall–Kier alpha value is -0.910. The first kappa shape index (κ1) is 15.0. The van der Waals surface area contributed by atoms with Crippen LogP contribution in [0, 0.1) is 0 Å². The van der Waals surface area contributed by atoms with Gasteiger partial charge in [-0.1, -0.05) is 0 Å². The first-order valence-corrected chi connectivity index (χ1v) is 8.22. The Morgan fingerprint density at radius 1 is 1.38 bits per heavy atom. The molecule has 0 saturated carbocycles. The van der Waals surface area contributed by atoms with Crippen LogP contribution in [0.4, 0.5) is 0 Å². The van der Waals surface area contributed by atoms with Gasteiger partial charge >= 0.3 is 0 Å². The summed E-state index contributed by atoms with van der Waals surface area (Å²) in [5.74, 6) is 0.615. The number of likely N-dealkylation sites (tertiary alicyclic amines) is 1. The molecule has 118 valence electrons. The van der Waals surface area contributed by atoms with E-state index in [4.69, 9.17) is 9.47 Å². The van der Waals surface area contributed by atoms with Gasteiger partial charge in [0, 0.05) is 44.6 Å². The zero-order valence-corrected chi connectivity index (χ0v) is 13.0. The molecule has 5 nitrogen and oxygen atoms in total. The first-order valence-electron chi connectivity index (χ1n) is 8.22. The maximum Gasteiger partial charge on any atom is 0.0809 e. The third kappa shape index (κ3) is 4.05. The van der Waals surface area contributed by atoms with Crippen molar-refractivity contribution in [3.8, 4) is 0 Å². The van der Waals surface area contributed by atoms with Crippen LogP contribution in [0.2, 0.25) is 0 Å². The summed E-state index contributed by atoms with van der Waals surface area (Å²) < 4.78 is 13.4. The molecule has 2 aliphatic rings. The lowest BCUT2D eigenvalue weighted by Crippen LogP contribution is -2.37. The molecule has 0 aromatic carbocycles. The molecule has 2 atom stereocenters. The summed E-state index contributed by atoms with van der Waals surface area (Å²) in [7, 11) is 2.04. The van der Waals surface area contributed by atoms with Gasteiger partial charge in [-0.3, -0.25) is 4.68 Å². The summed E-state index contributed by atoms with van der Waals surface area (Å²) in [6.07, 6.45) is 7.13. The predicted molar refractivity (Wildman–Crippen MR) is 81.4 cm³/mol. The molecular weight excluding hydrogens is 266 g/mol. The molecule has 21 heavy (non-hydrogen) atoms. The molecule has 0 radical (unpaired) electrons. The fourth-order valence-corrected chi connectivity index (χ4v) is 3.47. The molecule has 2 saturated heterocycles. The highest BCUT2D eigenvalue weighted by Crippen LogP contribution is 2.26. The van der Waals surface area contributed by atoms with E-state index in [9.17, 15) is 0 Å². The molecule has 0 unspecified atom stereocenters. The van der Waals surface area contributed by atoms with Gasteiger partial charge in [-0.05, 0) is 38.3 Å². The van der Waals surface area contributed by atoms with Gasteiger partial charge in [0.25, 0.3) is 0 Å². The molecule has 5 heteroatoms. The molecule has 0 bridgehead atoms. The average molecular weight is 293 g/mol. The summed E-state index contributed by atoms with van der Waals surface area (Å²) in [6.45, 7) is 5.84. The van der Waals surface area contributed by atoms with E-state index < -0.39 is 0 Å². The lowest BCUT2D eigenvalue weighted by molar-refractivity contribution is 0.00845. The summed E-state index contributed by atoms with van der Waals surface area (Å²) in [5, 5.41) is 4.30. The number of ether oxygens (including phenoxy) is 2. The van der Waals surface area contributed by atoms with Crippen LogP contribution >= 0.6 is 0 Å². The molecule has 2 fully saturated rings. The molecule has 0 N–H and O–H groups in total. The van der Waals surface area contributed by atoms with Crippen LogP contribution in [0.3, 0.4) is 0 Å². The molecule has 3 heterocycles. The number of rotatable bonds is 6. The Labute approximate surface area is 127 Å². The van der Waals surface area contributed by atoms with Crippen molar-refractivity contribution in [2.45, 2.75) is 37.7 Å².